The number of carbonyl (C=O) groups is 1. The van der Waals surface area contributed by atoms with Gasteiger partial charge in [0.15, 0.2) is 11.2 Å². The SMILES string of the molecule is CN(C(=O)Cn1cnc2c(nnn2Cc2ccc(Cl)cc2)c1=O)c1ccccc1. The molecule has 0 spiro atoms. The van der Waals surface area contributed by atoms with Crippen molar-refractivity contribution >= 4 is 34.4 Å². The molecule has 0 bridgehead atoms. The van der Waals surface area contributed by atoms with Crippen LogP contribution in [0.4, 0.5) is 5.69 Å². The van der Waals surface area contributed by atoms with Gasteiger partial charge in [-0.15, -0.1) is 5.10 Å². The molecule has 0 atom stereocenters. The van der Waals surface area contributed by atoms with E-state index in [-0.39, 0.29) is 18.0 Å². The van der Waals surface area contributed by atoms with Gasteiger partial charge < -0.3 is 4.90 Å². The van der Waals surface area contributed by atoms with E-state index in [1.54, 1.807) is 23.9 Å². The number of fused-ring (bicyclic) bond motifs is 1. The molecule has 0 aliphatic carbocycles. The average molecular weight is 409 g/mol. The molecule has 0 unspecified atom stereocenters. The maximum atomic E-state index is 12.8. The van der Waals surface area contributed by atoms with Crippen LogP contribution in [0.2, 0.25) is 5.02 Å². The third-order valence-electron chi connectivity index (χ3n) is 4.56. The lowest BCUT2D eigenvalue weighted by Crippen LogP contribution is -2.34. The summed E-state index contributed by atoms with van der Waals surface area (Å²) in [6.07, 6.45) is 1.35. The molecule has 29 heavy (non-hydrogen) atoms. The molecule has 0 N–H and O–H groups in total. The Morgan fingerprint density at radius 1 is 1.10 bits per heavy atom. The minimum Gasteiger partial charge on any atom is -0.314 e. The molecule has 0 radical (unpaired) electrons. The molecule has 0 aliphatic heterocycles. The number of nitrogens with zero attached hydrogens (tertiary/aromatic N) is 6. The summed E-state index contributed by atoms with van der Waals surface area (Å²) in [6, 6.07) is 16.5. The van der Waals surface area contributed by atoms with Gasteiger partial charge in [0.05, 0.1) is 6.54 Å². The molecule has 1 amide bonds. The number of aromatic nitrogens is 5. The molecule has 0 fully saturated rings. The Bertz CT molecular complexity index is 1220. The molecule has 0 aliphatic rings. The fraction of sp³-hybridized carbons (Fsp3) is 0.150. The summed E-state index contributed by atoms with van der Waals surface area (Å²) in [4.78, 5) is 31.1. The van der Waals surface area contributed by atoms with Crippen molar-refractivity contribution in [1.82, 2.24) is 24.5 Å². The van der Waals surface area contributed by atoms with Crippen LogP contribution in [-0.4, -0.2) is 37.5 Å². The summed E-state index contributed by atoms with van der Waals surface area (Å²) in [5.41, 5.74) is 1.77. The highest BCUT2D eigenvalue weighted by Crippen LogP contribution is 2.13. The van der Waals surface area contributed by atoms with Gasteiger partial charge in [-0.2, -0.15) is 0 Å². The van der Waals surface area contributed by atoms with Crippen LogP contribution in [0.5, 0.6) is 0 Å². The molecule has 2 heterocycles. The van der Waals surface area contributed by atoms with Crippen molar-refractivity contribution in [2.24, 2.45) is 0 Å². The third-order valence-corrected chi connectivity index (χ3v) is 4.81. The van der Waals surface area contributed by atoms with Crippen molar-refractivity contribution in [2.45, 2.75) is 13.1 Å². The summed E-state index contributed by atoms with van der Waals surface area (Å²) in [5.74, 6) is -0.243. The third kappa shape index (κ3) is 3.88. The van der Waals surface area contributed by atoms with E-state index < -0.39 is 5.56 Å². The van der Waals surface area contributed by atoms with Gasteiger partial charge in [0.2, 0.25) is 5.91 Å². The normalized spacial score (nSPS) is 11.0. The fourth-order valence-electron chi connectivity index (χ4n) is 2.92. The lowest BCUT2D eigenvalue weighted by molar-refractivity contribution is -0.118. The monoisotopic (exact) mass is 408 g/mol. The van der Waals surface area contributed by atoms with E-state index in [0.29, 0.717) is 17.2 Å². The Balaban J connectivity index is 1.58. The standard InChI is InChI=1S/C20H17ClN6O2/c1-25(16-5-3-2-4-6-16)17(28)12-26-13-22-19-18(20(26)29)23-24-27(19)11-14-7-9-15(21)10-8-14/h2-10,13H,11-12H2,1H3. The molecule has 9 heteroatoms. The number of hydrogen-bond donors (Lipinski definition) is 0. The van der Waals surface area contributed by atoms with Gasteiger partial charge in [-0.1, -0.05) is 47.1 Å². The first-order valence-corrected chi connectivity index (χ1v) is 9.25. The van der Waals surface area contributed by atoms with Gasteiger partial charge in [-0.25, -0.2) is 9.67 Å². The van der Waals surface area contributed by atoms with E-state index in [4.69, 9.17) is 11.6 Å². The first-order valence-electron chi connectivity index (χ1n) is 8.87. The molecule has 0 saturated carbocycles. The minimum atomic E-state index is -0.410. The number of amides is 1. The van der Waals surface area contributed by atoms with Crippen LogP contribution >= 0.6 is 11.6 Å². The van der Waals surface area contributed by atoms with E-state index >= 15 is 0 Å². The van der Waals surface area contributed by atoms with Crippen LogP contribution in [0, 0.1) is 0 Å². The molecular weight excluding hydrogens is 392 g/mol. The van der Waals surface area contributed by atoms with Crippen molar-refractivity contribution in [3.63, 3.8) is 0 Å². The van der Waals surface area contributed by atoms with E-state index in [9.17, 15) is 9.59 Å². The summed E-state index contributed by atoms with van der Waals surface area (Å²) in [5, 5.41) is 8.65. The topological polar surface area (TPSA) is 85.9 Å². The summed E-state index contributed by atoms with van der Waals surface area (Å²) >= 11 is 5.91. The second-order valence-corrected chi connectivity index (χ2v) is 6.95. The fourth-order valence-corrected chi connectivity index (χ4v) is 3.04. The van der Waals surface area contributed by atoms with E-state index in [1.165, 1.54) is 15.8 Å². The van der Waals surface area contributed by atoms with E-state index in [1.807, 2.05) is 42.5 Å². The lowest BCUT2D eigenvalue weighted by Gasteiger charge is -2.17. The molecule has 8 nitrogen and oxygen atoms in total. The first kappa shape index (κ1) is 18.8. The van der Waals surface area contributed by atoms with Gasteiger partial charge >= 0.3 is 0 Å². The van der Waals surface area contributed by atoms with Crippen molar-refractivity contribution in [3.05, 3.63) is 81.9 Å². The quantitative estimate of drug-likeness (QED) is 0.506. The Labute approximate surface area is 171 Å². The van der Waals surface area contributed by atoms with Crippen molar-refractivity contribution < 1.29 is 4.79 Å². The van der Waals surface area contributed by atoms with Gasteiger partial charge in [0.25, 0.3) is 5.56 Å². The van der Waals surface area contributed by atoms with Crippen molar-refractivity contribution in [3.8, 4) is 0 Å². The Morgan fingerprint density at radius 3 is 2.55 bits per heavy atom. The van der Waals surface area contributed by atoms with Crippen LogP contribution in [0.3, 0.4) is 0 Å². The molecule has 2 aromatic heterocycles. The summed E-state index contributed by atoms with van der Waals surface area (Å²) < 4.78 is 2.79. The Morgan fingerprint density at radius 2 is 1.83 bits per heavy atom. The smallest absolute Gasteiger partial charge is 0.283 e. The maximum absolute atomic E-state index is 12.8. The molecule has 4 aromatic rings. The number of hydrogen-bond acceptors (Lipinski definition) is 5. The zero-order chi connectivity index (χ0) is 20.4. The molecule has 146 valence electrons. The van der Waals surface area contributed by atoms with Gasteiger partial charge in [0.1, 0.15) is 12.9 Å². The van der Waals surface area contributed by atoms with E-state index in [0.717, 1.165) is 11.3 Å². The predicted octanol–water partition coefficient (Wildman–Crippen LogP) is 2.35. The molecule has 2 aromatic carbocycles. The number of halogens is 1. The Kier molecular flexibility index (Phi) is 5.09. The number of rotatable bonds is 5. The second-order valence-electron chi connectivity index (χ2n) is 6.51. The van der Waals surface area contributed by atoms with Crippen LogP contribution in [0.25, 0.3) is 11.2 Å². The number of carbonyl (C=O) groups excluding carboxylic acids is 1. The zero-order valence-electron chi connectivity index (χ0n) is 15.6. The molecule has 4 rings (SSSR count). The summed E-state index contributed by atoms with van der Waals surface area (Å²) in [7, 11) is 1.66. The predicted molar refractivity (Wildman–Crippen MR) is 110 cm³/mol. The maximum Gasteiger partial charge on any atom is 0.283 e. The number of benzene rings is 2. The van der Waals surface area contributed by atoms with Crippen molar-refractivity contribution in [2.75, 3.05) is 11.9 Å². The molecular formula is C20H17ClN6O2. The van der Waals surface area contributed by atoms with Crippen LogP contribution in [-0.2, 0) is 17.9 Å². The highest BCUT2D eigenvalue weighted by molar-refractivity contribution is 6.30. The number of likely N-dealkylation sites (N-methyl/N-ethyl adjacent to an activating group) is 1. The van der Waals surface area contributed by atoms with Gasteiger partial charge in [-0.3, -0.25) is 14.2 Å². The largest absolute Gasteiger partial charge is 0.314 e. The lowest BCUT2D eigenvalue weighted by atomic mass is 10.2. The van der Waals surface area contributed by atoms with Crippen LogP contribution in [0.15, 0.2) is 65.7 Å². The Hall–Kier alpha value is -3.52. The highest BCUT2D eigenvalue weighted by Gasteiger charge is 2.16. The minimum absolute atomic E-state index is 0.122. The second kappa shape index (κ2) is 7.84. The zero-order valence-corrected chi connectivity index (χ0v) is 16.3. The van der Waals surface area contributed by atoms with Crippen LogP contribution < -0.4 is 10.5 Å². The van der Waals surface area contributed by atoms with Gasteiger partial charge in [-0.05, 0) is 29.8 Å². The number of anilines is 1. The van der Waals surface area contributed by atoms with Crippen molar-refractivity contribution in [1.29, 1.82) is 0 Å². The molecule has 0 saturated heterocycles. The van der Waals surface area contributed by atoms with Crippen LogP contribution in [0.1, 0.15) is 5.56 Å². The van der Waals surface area contributed by atoms with E-state index in [2.05, 4.69) is 15.3 Å². The average Bonchev–Trinajstić information content (AvgIpc) is 3.15. The van der Waals surface area contributed by atoms with Gasteiger partial charge in [0, 0.05) is 17.8 Å². The highest BCUT2D eigenvalue weighted by atomic mass is 35.5. The number of para-hydroxylation sites is 1. The summed E-state index contributed by atoms with van der Waals surface area (Å²) in [6.45, 7) is 0.261. The first-order chi connectivity index (χ1) is 14.0.